The van der Waals surface area contributed by atoms with E-state index in [9.17, 15) is 0 Å². The first-order valence-corrected chi connectivity index (χ1v) is 7.34. The Labute approximate surface area is 123 Å². The third-order valence-corrected chi connectivity index (χ3v) is 3.88. The normalized spacial score (nSPS) is 19.9. The molecule has 0 unspecified atom stereocenters. The van der Waals surface area contributed by atoms with E-state index in [0.717, 1.165) is 11.2 Å². The summed E-state index contributed by atoms with van der Waals surface area (Å²) in [5.74, 6) is 5.88. The Morgan fingerprint density at radius 2 is 1.84 bits per heavy atom. The Bertz CT molecular complexity index is 500. The lowest BCUT2D eigenvalue weighted by Crippen LogP contribution is -2.41. The smallest absolute Gasteiger partial charge is 0.399 e. The fourth-order valence-electron chi connectivity index (χ4n) is 1.72. The van der Waals surface area contributed by atoms with Crippen LogP contribution < -0.4 is 5.46 Å². The van der Waals surface area contributed by atoms with Crippen LogP contribution in [0.1, 0.15) is 33.4 Å². The van der Waals surface area contributed by atoms with Crippen LogP contribution in [0.4, 0.5) is 0 Å². The molecule has 0 bridgehead atoms. The first-order chi connectivity index (χ1) is 8.86. The van der Waals surface area contributed by atoms with Gasteiger partial charge in [-0.25, -0.2) is 4.98 Å². The van der Waals surface area contributed by atoms with Crippen LogP contribution in [0.15, 0.2) is 18.3 Å². The molecule has 1 aliphatic heterocycles. The molecule has 0 saturated carbocycles. The highest BCUT2D eigenvalue weighted by Gasteiger charge is 2.51. The molecule has 3 nitrogen and oxygen atoms in total. The van der Waals surface area contributed by atoms with Crippen molar-refractivity contribution in [3.63, 3.8) is 0 Å². The largest absolute Gasteiger partial charge is 0.496 e. The van der Waals surface area contributed by atoms with E-state index in [4.69, 9.17) is 9.31 Å². The number of hydrogen-bond acceptors (Lipinski definition) is 3. The van der Waals surface area contributed by atoms with Gasteiger partial charge in [0, 0.05) is 11.7 Å². The summed E-state index contributed by atoms with van der Waals surface area (Å²) < 4.78 is 11.9. The number of aromatic nitrogens is 1. The first kappa shape index (κ1) is 14.6. The van der Waals surface area contributed by atoms with E-state index in [-0.39, 0.29) is 18.3 Å². The molecule has 0 aliphatic carbocycles. The summed E-state index contributed by atoms with van der Waals surface area (Å²) in [4.78, 5) is 4.30. The summed E-state index contributed by atoms with van der Waals surface area (Å²) in [5, 5.41) is 0.646. The minimum absolute atomic E-state index is 0.327. The lowest BCUT2D eigenvalue weighted by molar-refractivity contribution is 0.00578. The molecule has 5 heteroatoms. The number of halogens is 1. The van der Waals surface area contributed by atoms with E-state index >= 15 is 0 Å². The average Bonchev–Trinajstić information content (AvgIpc) is 2.56. The molecule has 1 aromatic rings. The van der Waals surface area contributed by atoms with Crippen LogP contribution in [0.2, 0.25) is 0 Å². The standard InChI is InChI=1S/C14H17BBrNO2/c1-13(2)14(3,4)19-15(18-13)11-7-8-12(17-10-11)6-5-9-16/h7-8,10H,9H2,1-4H3. The van der Waals surface area contributed by atoms with Crippen LogP contribution in [-0.2, 0) is 9.31 Å². The fraction of sp³-hybridized carbons (Fsp3) is 0.500. The zero-order valence-corrected chi connectivity index (χ0v) is 13.2. The number of nitrogens with zero attached hydrogens (tertiary/aromatic N) is 1. The lowest BCUT2D eigenvalue weighted by atomic mass is 9.80. The second-order valence-electron chi connectivity index (χ2n) is 5.50. The van der Waals surface area contributed by atoms with Gasteiger partial charge in [-0.05, 0) is 39.7 Å². The molecular formula is C14H17BBrNO2. The molecule has 2 heterocycles. The van der Waals surface area contributed by atoms with Crippen molar-refractivity contribution in [2.75, 3.05) is 5.33 Å². The van der Waals surface area contributed by atoms with E-state index < -0.39 is 0 Å². The van der Waals surface area contributed by atoms with E-state index in [1.165, 1.54) is 0 Å². The monoisotopic (exact) mass is 321 g/mol. The average molecular weight is 322 g/mol. The number of rotatable bonds is 1. The second kappa shape index (κ2) is 5.28. The highest BCUT2D eigenvalue weighted by Crippen LogP contribution is 2.36. The van der Waals surface area contributed by atoms with Crippen molar-refractivity contribution < 1.29 is 9.31 Å². The Balaban J connectivity index is 2.17. The second-order valence-corrected chi connectivity index (χ2v) is 6.06. The van der Waals surface area contributed by atoms with Crippen LogP contribution in [-0.4, -0.2) is 28.6 Å². The molecule has 0 amide bonds. The third-order valence-electron chi connectivity index (χ3n) is 3.60. The Morgan fingerprint density at radius 3 is 2.32 bits per heavy atom. The summed E-state index contributed by atoms with van der Waals surface area (Å²) in [5.41, 5.74) is 1.01. The first-order valence-electron chi connectivity index (χ1n) is 6.22. The Morgan fingerprint density at radius 1 is 1.21 bits per heavy atom. The molecule has 0 radical (unpaired) electrons. The zero-order valence-electron chi connectivity index (χ0n) is 11.7. The zero-order chi connectivity index (χ0) is 14.1. The molecule has 0 atom stereocenters. The van der Waals surface area contributed by atoms with Crippen molar-refractivity contribution in [3.8, 4) is 11.8 Å². The van der Waals surface area contributed by atoms with Crippen molar-refractivity contribution in [2.24, 2.45) is 0 Å². The number of pyridine rings is 1. The molecule has 1 fully saturated rings. The van der Waals surface area contributed by atoms with Gasteiger partial charge >= 0.3 is 7.12 Å². The Hall–Kier alpha value is -0.825. The van der Waals surface area contributed by atoms with Gasteiger partial charge < -0.3 is 9.31 Å². The van der Waals surface area contributed by atoms with Crippen molar-refractivity contribution >= 4 is 28.5 Å². The molecule has 0 spiro atoms. The lowest BCUT2D eigenvalue weighted by Gasteiger charge is -2.32. The van der Waals surface area contributed by atoms with Gasteiger partial charge in [-0.15, -0.1) is 0 Å². The van der Waals surface area contributed by atoms with Gasteiger partial charge in [-0.1, -0.05) is 27.9 Å². The van der Waals surface area contributed by atoms with Crippen molar-refractivity contribution in [1.29, 1.82) is 0 Å². The molecule has 2 rings (SSSR count). The summed E-state index contributed by atoms with van der Waals surface area (Å²) >= 11 is 3.26. The molecular weight excluding hydrogens is 305 g/mol. The minimum Gasteiger partial charge on any atom is -0.399 e. The van der Waals surface area contributed by atoms with E-state index in [2.05, 4.69) is 32.8 Å². The highest BCUT2D eigenvalue weighted by molar-refractivity contribution is 9.09. The van der Waals surface area contributed by atoms with Gasteiger partial charge in [0.05, 0.1) is 16.5 Å². The van der Waals surface area contributed by atoms with Crippen molar-refractivity contribution in [1.82, 2.24) is 4.98 Å². The van der Waals surface area contributed by atoms with Gasteiger partial charge in [-0.2, -0.15) is 0 Å². The fourth-order valence-corrected chi connectivity index (χ4v) is 1.86. The minimum atomic E-state index is -0.365. The van der Waals surface area contributed by atoms with Gasteiger partial charge in [0.25, 0.3) is 0 Å². The molecule has 1 aliphatic rings. The topological polar surface area (TPSA) is 31.4 Å². The van der Waals surface area contributed by atoms with Gasteiger partial charge in [0.2, 0.25) is 0 Å². The predicted molar refractivity (Wildman–Crippen MR) is 80.6 cm³/mol. The molecule has 1 saturated heterocycles. The summed E-state index contributed by atoms with van der Waals surface area (Å²) in [7, 11) is -0.365. The van der Waals surface area contributed by atoms with Gasteiger partial charge in [0.1, 0.15) is 5.69 Å². The van der Waals surface area contributed by atoms with Gasteiger partial charge in [0.15, 0.2) is 0 Å². The van der Waals surface area contributed by atoms with Crippen molar-refractivity contribution in [3.05, 3.63) is 24.0 Å². The number of alkyl halides is 1. The van der Waals surface area contributed by atoms with Crippen LogP contribution in [0, 0.1) is 11.8 Å². The summed E-state index contributed by atoms with van der Waals surface area (Å²) in [6, 6.07) is 3.84. The summed E-state index contributed by atoms with van der Waals surface area (Å²) in [6.07, 6.45) is 1.76. The molecule has 1 aromatic heterocycles. The van der Waals surface area contributed by atoms with E-state index in [1.807, 2.05) is 39.8 Å². The van der Waals surface area contributed by atoms with E-state index in [0.29, 0.717) is 5.33 Å². The van der Waals surface area contributed by atoms with Crippen LogP contribution in [0.25, 0.3) is 0 Å². The van der Waals surface area contributed by atoms with E-state index in [1.54, 1.807) is 6.20 Å². The number of hydrogen-bond donors (Lipinski definition) is 0. The third kappa shape index (κ3) is 3.02. The molecule has 100 valence electrons. The molecule has 0 aromatic carbocycles. The van der Waals surface area contributed by atoms with Crippen LogP contribution in [0.5, 0.6) is 0 Å². The molecule has 19 heavy (non-hydrogen) atoms. The Kier molecular flexibility index (Phi) is 4.05. The maximum Gasteiger partial charge on any atom is 0.496 e. The predicted octanol–water partition coefficient (Wildman–Crippen LogP) is 2.13. The molecule has 0 N–H and O–H groups in total. The quantitative estimate of drug-likeness (QED) is 0.451. The highest BCUT2D eigenvalue weighted by atomic mass is 79.9. The van der Waals surface area contributed by atoms with Crippen molar-refractivity contribution in [2.45, 2.75) is 38.9 Å². The maximum atomic E-state index is 5.97. The maximum absolute atomic E-state index is 5.97. The van der Waals surface area contributed by atoms with Crippen LogP contribution >= 0.6 is 15.9 Å². The summed E-state index contributed by atoms with van der Waals surface area (Å²) in [6.45, 7) is 8.15. The SMILES string of the molecule is CC1(C)OB(c2ccc(C#CCBr)nc2)OC1(C)C. The van der Waals surface area contributed by atoms with Crippen LogP contribution in [0.3, 0.4) is 0 Å². The van der Waals surface area contributed by atoms with Gasteiger partial charge in [-0.3, -0.25) is 0 Å².